The van der Waals surface area contributed by atoms with Crippen molar-refractivity contribution < 1.29 is 29.0 Å². The quantitative estimate of drug-likeness (QED) is 0.410. The van der Waals surface area contributed by atoms with E-state index in [-0.39, 0.29) is 24.3 Å². The lowest BCUT2D eigenvalue weighted by Crippen LogP contribution is -2.58. The van der Waals surface area contributed by atoms with Crippen LogP contribution in [0.2, 0.25) is 0 Å². The normalized spacial score (nSPS) is 34.3. The predicted molar refractivity (Wildman–Crippen MR) is 155 cm³/mol. The van der Waals surface area contributed by atoms with Crippen LogP contribution in [-0.2, 0) is 19.1 Å². The summed E-state index contributed by atoms with van der Waals surface area (Å²) in [7, 11) is 1.59. The Morgan fingerprint density at radius 1 is 1.10 bits per heavy atom. The third-order valence-electron chi connectivity index (χ3n) is 9.17. The second kappa shape index (κ2) is 11.2. The number of thioether (sulfide) groups is 1. The first-order valence-electron chi connectivity index (χ1n) is 14.3. The van der Waals surface area contributed by atoms with Crippen molar-refractivity contribution in [1.82, 2.24) is 4.90 Å². The summed E-state index contributed by atoms with van der Waals surface area (Å²) in [6, 6.07) is 5.84. The van der Waals surface area contributed by atoms with Crippen LogP contribution in [0.3, 0.4) is 0 Å². The van der Waals surface area contributed by atoms with Gasteiger partial charge in [0.2, 0.25) is 5.91 Å². The van der Waals surface area contributed by atoms with Crippen LogP contribution >= 0.6 is 11.8 Å². The fourth-order valence-corrected chi connectivity index (χ4v) is 9.04. The lowest BCUT2D eigenvalue weighted by molar-refractivity contribution is -0.155. The third kappa shape index (κ3) is 4.55. The number of aliphatic hydroxyl groups is 1. The van der Waals surface area contributed by atoms with Gasteiger partial charge in [-0.25, -0.2) is 0 Å². The Balaban J connectivity index is 1.67. The highest BCUT2D eigenvalue weighted by molar-refractivity contribution is 8.02. The molecule has 2 saturated heterocycles. The highest BCUT2D eigenvalue weighted by atomic mass is 32.2. The van der Waals surface area contributed by atoms with Gasteiger partial charge in [-0.15, -0.1) is 11.8 Å². The molecular weight excluding hydrogens is 528 g/mol. The number of cyclic esters (lactones) is 1. The van der Waals surface area contributed by atoms with Gasteiger partial charge in [0.25, 0.3) is 5.91 Å². The molecule has 8 nitrogen and oxygen atoms in total. The lowest BCUT2D eigenvalue weighted by atomic mass is 9.74. The molecule has 9 heteroatoms. The molecule has 0 aromatic heterocycles. The molecule has 216 valence electrons. The maximum Gasteiger partial charge on any atom is 0.311 e. The fraction of sp³-hybridized carbons (Fsp3) is 0.581. The molecule has 1 spiro atoms. The SMILES string of the molecule is CC[C@H](C)[C@H](CO)N1C(=O)[C@@H]2[C@H]3C(=O)OCCCC/C=C\[C@@]3(C)S[C@@]23C=CCN(c2ccc(OC)cc2)C(=O)C13. The largest absolute Gasteiger partial charge is 0.497 e. The van der Waals surface area contributed by atoms with E-state index in [4.69, 9.17) is 9.47 Å². The number of anilines is 1. The number of hydrogen-bond donors (Lipinski definition) is 1. The van der Waals surface area contributed by atoms with Crippen molar-refractivity contribution in [2.75, 3.05) is 31.8 Å². The van der Waals surface area contributed by atoms with E-state index in [2.05, 4.69) is 12.2 Å². The molecule has 5 rings (SSSR count). The van der Waals surface area contributed by atoms with Gasteiger partial charge in [-0.2, -0.15) is 0 Å². The Morgan fingerprint density at radius 2 is 1.85 bits per heavy atom. The molecule has 4 aliphatic heterocycles. The maximum atomic E-state index is 14.7. The Hall–Kier alpha value is -2.78. The molecule has 0 bridgehead atoms. The van der Waals surface area contributed by atoms with Crippen LogP contribution < -0.4 is 9.64 Å². The van der Waals surface area contributed by atoms with Crippen molar-refractivity contribution in [2.24, 2.45) is 17.8 Å². The first-order valence-corrected chi connectivity index (χ1v) is 15.1. The number of ether oxygens (including phenoxy) is 2. The molecule has 7 atom stereocenters. The number of methoxy groups -OCH3 is 1. The number of carbonyl (C=O) groups excluding carboxylic acids is 3. The lowest BCUT2D eigenvalue weighted by Gasteiger charge is -2.41. The monoisotopic (exact) mass is 568 g/mol. The predicted octanol–water partition coefficient (Wildman–Crippen LogP) is 3.98. The number of rotatable bonds is 6. The average molecular weight is 569 g/mol. The summed E-state index contributed by atoms with van der Waals surface area (Å²) in [6.07, 6.45) is 11.4. The van der Waals surface area contributed by atoms with Crippen LogP contribution in [0.4, 0.5) is 5.69 Å². The molecule has 1 N–H and O–H groups in total. The zero-order chi connectivity index (χ0) is 28.7. The molecule has 0 radical (unpaired) electrons. The zero-order valence-electron chi connectivity index (χ0n) is 23.7. The van der Waals surface area contributed by atoms with Crippen LogP contribution in [0, 0.1) is 17.8 Å². The molecule has 2 amide bonds. The van der Waals surface area contributed by atoms with Gasteiger partial charge in [0, 0.05) is 17.0 Å². The van der Waals surface area contributed by atoms with Crippen molar-refractivity contribution in [3.63, 3.8) is 0 Å². The molecule has 0 saturated carbocycles. The minimum atomic E-state index is -0.993. The van der Waals surface area contributed by atoms with Crippen LogP contribution in [0.15, 0.2) is 48.6 Å². The van der Waals surface area contributed by atoms with Crippen molar-refractivity contribution in [3.8, 4) is 5.75 Å². The van der Waals surface area contributed by atoms with E-state index >= 15 is 0 Å². The van der Waals surface area contributed by atoms with E-state index < -0.39 is 39.4 Å². The van der Waals surface area contributed by atoms with Gasteiger partial charge in [0.15, 0.2) is 0 Å². The van der Waals surface area contributed by atoms with E-state index in [9.17, 15) is 19.5 Å². The number of aliphatic hydroxyl groups excluding tert-OH is 1. The van der Waals surface area contributed by atoms with E-state index in [0.29, 0.717) is 24.6 Å². The van der Waals surface area contributed by atoms with Gasteiger partial charge in [0.05, 0.1) is 42.9 Å². The maximum absolute atomic E-state index is 14.7. The Kier molecular flexibility index (Phi) is 8.08. The van der Waals surface area contributed by atoms with Gasteiger partial charge in [0.1, 0.15) is 11.8 Å². The average Bonchev–Trinajstić information content (AvgIpc) is 3.28. The van der Waals surface area contributed by atoms with E-state index in [1.54, 1.807) is 16.9 Å². The number of benzene rings is 1. The van der Waals surface area contributed by atoms with Gasteiger partial charge in [-0.3, -0.25) is 14.4 Å². The summed E-state index contributed by atoms with van der Waals surface area (Å²) < 4.78 is 9.34. The highest BCUT2D eigenvalue weighted by Gasteiger charge is 2.74. The number of hydrogen-bond acceptors (Lipinski definition) is 7. The fourth-order valence-electron chi connectivity index (χ4n) is 6.90. The molecule has 1 aromatic rings. The Labute approximate surface area is 240 Å². The third-order valence-corrected chi connectivity index (χ3v) is 11.0. The first-order chi connectivity index (χ1) is 19.2. The van der Waals surface area contributed by atoms with E-state index in [0.717, 1.165) is 25.7 Å². The summed E-state index contributed by atoms with van der Waals surface area (Å²) in [4.78, 5) is 46.3. The minimum Gasteiger partial charge on any atom is -0.497 e. The first kappa shape index (κ1) is 28.7. The summed E-state index contributed by atoms with van der Waals surface area (Å²) in [5.74, 6) is -1.79. The number of esters is 1. The standard InChI is InChI=1S/C31H40N2O6S/c1-5-20(2)23(19-34)33-26-28(36)32(21-11-13-22(38-4)14-12-21)17-10-16-31(26)24(27(33)35)25-29(37)39-18-9-7-6-8-15-30(25,3)40-31/h8,10-16,20,23-26,34H,5-7,9,17-19H2,1-4H3/b15-8-/t20-,23-,24-,25-,26?,30+,31-/m0/s1. The summed E-state index contributed by atoms with van der Waals surface area (Å²) >= 11 is 1.53. The van der Waals surface area contributed by atoms with E-state index in [1.165, 1.54) is 11.8 Å². The molecular formula is C31H40N2O6S. The molecule has 1 unspecified atom stereocenters. The van der Waals surface area contributed by atoms with Gasteiger partial charge in [-0.1, -0.05) is 44.6 Å². The number of nitrogens with zero attached hydrogens (tertiary/aromatic N) is 2. The van der Waals surface area contributed by atoms with Crippen molar-refractivity contribution >= 4 is 35.2 Å². The molecule has 1 aromatic carbocycles. The van der Waals surface area contributed by atoms with Crippen LogP contribution in [0.1, 0.15) is 46.5 Å². The molecule has 4 heterocycles. The zero-order valence-corrected chi connectivity index (χ0v) is 24.6. The molecule has 4 aliphatic rings. The van der Waals surface area contributed by atoms with Crippen LogP contribution in [0.25, 0.3) is 0 Å². The van der Waals surface area contributed by atoms with Crippen molar-refractivity contribution in [1.29, 1.82) is 0 Å². The number of fused-ring (bicyclic) bond motifs is 2. The van der Waals surface area contributed by atoms with Gasteiger partial charge >= 0.3 is 5.97 Å². The minimum absolute atomic E-state index is 0.0495. The van der Waals surface area contributed by atoms with Gasteiger partial charge in [-0.05, 0) is 56.4 Å². The van der Waals surface area contributed by atoms with Crippen molar-refractivity contribution in [3.05, 3.63) is 48.6 Å². The Morgan fingerprint density at radius 3 is 2.52 bits per heavy atom. The van der Waals surface area contributed by atoms with Crippen molar-refractivity contribution in [2.45, 2.75) is 68.0 Å². The summed E-state index contributed by atoms with van der Waals surface area (Å²) in [6.45, 7) is 6.37. The number of carbonyl (C=O) groups is 3. The topological polar surface area (TPSA) is 96.4 Å². The smallest absolute Gasteiger partial charge is 0.311 e. The summed E-state index contributed by atoms with van der Waals surface area (Å²) in [5.41, 5.74) is 0.694. The number of amides is 2. The number of likely N-dealkylation sites (tertiary alicyclic amines) is 1. The van der Waals surface area contributed by atoms with Crippen LogP contribution in [0.5, 0.6) is 5.75 Å². The second-order valence-corrected chi connectivity index (χ2v) is 13.3. The Bertz CT molecular complexity index is 1200. The highest BCUT2D eigenvalue weighted by Crippen LogP contribution is 2.65. The molecule has 0 aliphatic carbocycles. The number of allylic oxidation sites excluding steroid dienone is 1. The summed E-state index contributed by atoms with van der Waals surface area (Å²) in [5, 5.41) is 10.6. The van der Waals surface area contributed by atoms with E-state index in [1.807, 2.05) is 57.2 Å². The molecule has 40 heavy (non-hydrogen) atoms. The van der Waals surface area contributed by atoms with Crippen LogP contribution in [-0.4, -0.2) is 76.2 Å². The molecule has 2 fully saturated rings. The second-order valence-electron chi connectivity index (χ2n) is 11.5. The van der Waals surface area contributed by atoms with Gasteiger partial charge < -0.3 is 24.4 Å².